The van der Waals surface area contributed by atoms with Gasteiger partial charge in [-0.25, -0.2) is 9.59 Å². The van der Waals surface area contributed by atoms with Gasteiger partial charge in [-0.2, -0.15) is 13.2 Å². The van der Waals surface area contributed by atoms with Gasteiger partial charge in [0.2, 0.25) is 0 Å². The average molecular weight is 379 g/mol. The molecule has 0 saturated carbocycles. The molecule has 3 amide bonds. The Morgan fingerprint density at radius 1 is 0.963 bits per heavy atom. The summed E-state index contributed by atoms with van der Waals surface area (Å²) in [6.07, 6.45) is -4.86. The van der Waals surface area contributed by atoms with Crippen molar-refractivity contribution in [2.24, 2.45) is 0 Å². The summed E-state index contributed by atoms with van der Waals surface area (Å²) in [4.78, 5) is 24.4. The highest BCUT2D eigenvalue weighted by Gasteiger charge is 2.30. The Morgan fingerprint density at radius 2 is 1.59 bits per heavy atom. The van der Waals surface area contributed by atoms with Crippen molar-refractivity contribution >= 4 is 23.5 Å². The zero-order valence-electron chi connectivity index (χ0n) is 14.0. The number of benzene rings is 2. The molecule has 1 aliphatic rings. The summed E-state index contributed by atoms with van der Waals surface area (Å²) >= 11 is 0. The quantitative estimate of drug-likeness (QED) is 0.724. The molecule has 0 aliphatic carbocycles. The molecule has 1 aliphatic heterocycles. The molecule has 0 bridgehead atoms. The zero-order chi connectivity index (χ0) is 19.6. The molecule has 0 radical (unpaired) electrons. The van der Waals surface area contributed by atoms with Crippen molar-refractivity contribution in [1.29, 1.82) is 0 Å². The number of anilines is 2. The van der Waals surface area contributed by atoms with Crippen LogP contribution in [0.2, 0.25) is 0 Å². The Kier molecular flexibility index (Phi) is 4.93. The standard InChI is InChI=1S/C18H16F3N3O3/c19-18(20,21)13-2-5-14(6-3-13)22-16(25)23-15-4-1-12-10-24(17(26)27)8-7-11(12)9-15/h1-6,9H,7-8,10H2,(H,26,27)(H2,22,23,25). The third-order valence-electron chi connectivity index (χ3n) is 4.22. The van der Waals surface area contributed by atoms with E-state index in [4.69, 9.17) is 5.11 Å². The Balaban J connectivity index is 1.62. The van der Waals surface area contributed by atoms with Crippen LogP contribution in [0.4, 0.5) is 34.1 Å². The van der Waals surface area contributed by atoms with Crippen LogP contribution in [-0.2, 0) is 19.1 Å². The van der Waals surface area contributed by atoms with Gasteiger partial charge in [0, 0.05) is 24.5 Å². The lowest BCUT2D eigenvalue weighted by molar-refractivity contribution is -0.137. The third-order valence-corrected chi connectivity index (χ3v) is 4.22. The fourth-order valence-corrected chi connectivity index (χ4v) is 2.83. The second-order valence-corrected chi connectivity index (χ2v) is 6.09. The van der Waals surface area contributed by atoms with Gasteiger partial charge in [0.15, 0.2) is 0 Å². The van der Waals surface area contributed by atoms with Gasteiger partial charge in [-0.1, -0.05) is 6.07 Å². The number of alkyl halides is 3. The van der Waals surface area contributed by atoms with Crippen LogP contribution in [0.5, 0.6) is 0 Å². The van der Waals surface area contributed by atoms with Gasteiger partial charge in [0.25, 0.3) is 0 Å². The van der Waals surface area contributed by atoms with E-state index in [1.807, 2.05) is 0 Å². The molecule has 9 heteroatoms. The molecule has 2 aromatic rings. The number of urea groups is 1. The molecule has 6 nitrogen and oxygen atoms in total. The first kappa shape index (κ1) is 18.6. The van der Waals surface area contributed by atoms with E-state index in [2.05, 4.69) is 10.6 Å². The largest absolute Gasteiger partial charge is 0.465 e. The monoisotopic (exact) mass is 379 g/mol. The number of halogens is 3. The maximum atomic E-state index is 12.5. The minimum Gasteiger partial charge on any atom is -0.465 e. The van der Waals surface area contributed by atoms with Crippen molar-refractivity contribution in [2.75, 3.05) is 17.2 Å². The molecule has 3 N–H and O–H groups in total. The summed E-state index contributed by atoms with van der Waals surface area (Å²) in [5.74, 6) is 0. The lowest BCUT2D eigenvalue weighted by atomic mass is 9.99. The number of carboxylic acid groups (broad SMARTS) is 1. The highest BCUT2D eigenvalue weighted by Crippen LogP contribution is 2.30. The van der Waals surface area contributed by atoms with E-state index in [1.165, 1.54) is 17.0 Å². The van der Waals surface area contributed by atoms with Crippen LogP contribution in [0, 0.1) is 0 Å². The van der Waals surface area contributed by atoms with Gasteiger partial charge >= 0.3 is 18.3 Å². The molecule has 142 valence electrons. The van der Waals surface area contributed by atoms with E-state index in [-0.39, 0.29) is 5.69 Å². The molecule has 2 aromatic carbocycles. The van der Waals surface area contributed by atoms with Crippen LogP contribution < -0.4 is 10.6 Å². The molecule has 0 aromatic heterocycles. The molecular formula is C18H16F3N3O3. The van der Waals surface area contributed by atoms with Crippen LogP contribution in [0.15, 0.2) is 42.5 Å². The summed E-state index contributed by atoms with van der Waals surface area (Å²) in [6.45, 7) is 0.673. The second kappa shape index (κ2) is 7.18. The first-order chi connectivity index (χ1) is 12.7. The molecule has 0 unspecified atom stereocenters. The van der Waals surface area contributed by atoms with Crippen LogP contribution in [-0.4, -0.2) is 28.7 Å². The topological polar surface area (TPSA) is 81.7 Å². The number of hydrogen-bond donors (Lipinski definition) is 3. The second-order valence-electron chi connectivity index (χ2n) is 6.09. The van der Waals surface area contributed by atoms with Crippen molar-refractivity contribution in [3.63, 3.8) is 0 Å². The van der Waals surface area contributed by atoms with Gasteiger partial charge in [-0.05, 0) is 53.9 Å². The Morgan fingerprint density at radius 3 is 2.22 bits per heavy atom. The van der Waals surface area contributed by atoms with Crippen LogP contribution >= 0.6 is 0 Å². The van der Waals surface area contributed by atoms with Gasteiger partial charge in [-0.15, -0.1) is 0 Å². The lowest BCUT2D eigenvalue weighted by Crippen LogP contribution is -2.34. The van der Waals surface area contributed by atoms with E-state index < -0.39 is 23.9 Å². The number of nitrogens with zero attached hydrogens (tertiary/aromatic N) is 1. The molecule has 0 atom stereocenters. The normalized spacial score (nSPS) is 13.7. The summed E-state index contributed by atoms with van der Waals surface area (Å²) in [6, 6.07) is 8.71. The van der Waals surface area contributed by atoms with Gasteiger partial charge in [0.05, 0.1) is 5.56 Å². The van der Waals surface area contributed by atoms with E-state index in [1.54, 1.807) is 18.2 Å². The number of fused-ring (bicyclic) bond motifs is 1. The molecule has 1 heterocycles. The lowest BCUT2D eigenvalue weighted by Gasteiger charge is -2.26. The number of nitrogens with one attached hydrogen (secondary N) is 2. The molecule has 0 spiro atoms. The zero-order valence-corrected chi connectivity index (χ0v) is 14.0. The maximum absolute atomic E-state index is 12.5. The first-order valence-corrected chi connectivity index (χ1v) is 8.07. The van der Waals surface area contributed by atoms with Crippen LogP contribution in [0.1, 0.15) is 16.7 Å². The van der Waals surface area contributed by atoms with E-state index in [0.29, 0.717) is 25.2 Å². The van der Waals surface area contributed by atoms with Crippen molar-refractivity contribution in [3.8, 4) is 0 Å². The number of carbonyl (C=O) groups excluding carboxylic acids is 1. The number of amides is 3. The van der Waals surface area contributed by atoms with E-state index in [0.717, 1.165) is 23.3 Å². The Bertz CT molecular complexity index is 866. The smallest absolute Gasteiger partial charge is 0.416 e. The summed E-state index contributed by atoms with van der Waals surface area (Å²) in [5, 5.41) is 14.1. The van der Waals surface area contributed by atoms with Gasteiger partial charge in [0.1, 0.15) is 0 Å². The molecule has 3 rings (SSSR count). The SMILES string of the molecule is O=C(Nc1ccc(C(F)(F)F)cc1)Nc1ccc2c(c1)CCN(C(=O)O)C2. The fourth-order valence-electron chi connectivity index (χ4n) is 2.83. The number of rotatable bonds is 2. The fraction of sp³-hybridized carbons (Fsp3) is 0.222. The molecule has 0 saturated heterocycles. The summed E-state index contributed by atoms with van der Waals surface area (Å²) in [5.41, 5.74) is 1.77. The van der Waals surface area contributed by atoms with Crippen molar-refractivity contribution in [2.45, 2.75) is 19.1 Å². The number of carbonyl (C=O) groups is 2. The minimum absolute atomic E-state index is 0.232. The van der Waals surface area contributed by atoms with Gasteiger partial charge in [-0.3, -0.25) is 0 Å². The predicted octanol–water partition coefficient (Wildman–Crippen LogP) is 4.39. The first-order valence-electron chi connectivity index (χ1n) is 8.07. The summed E-state index contributed by atoms with van der Waals surface area (Å²) in [7, 11) is 0. The van der Waals surface area contributed by atoms with Crippen molar-refractivity contribution in [3.05, 3.63) is 59.2 Å². The van der Waals surface area contributed by atoms with Crippen LogP contribution in [0.25, 0.3) is 0 Å². The van der Waals surface area contributed by atoms with Crippen molar-refractivity contribution in [1.82, 2.24) is 4.90 Å². The average Bonchev–Trinajstić information content (AvgIpc) is 2.60. The van der Waals surface area contributed by atoms with E-state index in [9.17, 15) is 22.8 Å². The Hall–Kier alpha value is -3.23. The Labute approximate surface area is 152 Å². The van der Waals surface area contributed by atoms with Gasteiger partial charge < -0.3 is 20.6 Å². The molecule has 27 heavy (non-hydrogen) atoms. The predicted molar refractivity (Wildman–Crippen MR) is 92.7 cm³/mol. The molecule has 0 fully saturated rings. The minimum atomic E-state index is -4.43. The highest BCUT2D eigenvalue weighted by atomic mass is 19.4. The van der Waals surface area contributed by atoms with Crippen LogP contribution in [0.3, 0.4) is 0 Å². The highest BCUT2D eigenvalue weighted by molar-refractivity contribution is 5.99. The molecular weight excluding hydrogens is 363 g/mol. The number of hydrogen-bond acceptors (Lipinski definition) is 2. The van der Waals surface area contributed by atoms with E-state index >= 15 is 0 Å². The maximum Gasteiger partial charge on any atom is 0.416 e. The van der Waals surface area contributed by atoms with Crippen molar-refractivity contribution < 1.29 is 27.9 Å². The third kappa shape index (κ3) is 4.49. The summed E-state index contributed by atoms with van der Waals surface area (Å²) < 4.78 is 37.6.